The third-order valence-electron chi connectivity index (χ3n) is 3.54. The molecule has 21 heavy (non-hydrogen) atoms. The number of benzene rings is 1. The SMILES string of the molecule is O=C1C/C(=C/N2CCOCC2)C(=O)N1c1ccc(Cl)cc1. The molecule has 110 valence electrons. The fourth-order valence-corrected chi connectivity index (χ4v) is 2.58. The lowest BCUT2D eigenvalue weighted by Gasteiger charge is -2.25. The third-order valence-corrected chi connectivity index (χ3v) is 3.79. The van der Waals surface area contributed by atoms with Gasteiger partial charge in [0.15, 0.2) is 0 Å². The molecule has 2 heterocycles. The van der Waals surface area contributed by atoms with Crippen LogP contribution in [0, 0.1) is 0 Å². The molecule has 1 aromatic rings. The normalized spacial score (nSPS) is 21.5. The Hall–Kier alpha value is -1.85. The van der Waals surface area contributed by atoms with Crippen LogP contribution in [0.1, 0.15) is 6.42 Å². The zero-order valence-electron chi connectivity index (χ0n) is 11.4. The number of morpholine rings is 1. The number of amides is 2. The summed E-state index contributed by atoms with van der Waals surface area (Å²) in [5.41, 5.74) is 1.08. The van der Waals surface area contributed by atoms with Crippen molar-refractivity contribution in [3.8, 4) is 0 Å². The molecule has 2 aliphatic rings. The number of nitrogens with zero attached hydrogens (tertiary/aromatic N) is 2. The van der Waals surface area contributed by atoms with E-state index >= 15 is 0 Å². The first-order valence-corrected chi connectivity index (χ1v) is 7.18. The number of imide groups is 1. The highest BCUT2D eigenvalue weighted by Crippen LogP contribution is 2.27. The van der Waals surface area contributed by atoms with E-state index in [0.29, 0.717) is 29.5 Å². The molecule has 0 unspecified atom stereocenters. The van der Waals surface area contributed by atoms with Crippen molar-refractivity contribution < 1.29 is 14.3 Å². The van der Waals surface area contributed by atoms with Crippen molar-refractivity contribution in [2.75, 3.05) is 31.2 Å². The fourth-order valence-electron chi connectivity index (χ4n) is 2.45. The van der Waals surface area contributed by atoms with Gasteiger partial charge in [0.25, 0.3) is 5.91 Å². The van der Waals surface area contributed by atoms with Crippen LogP contribution in [0.25, 0.3) is 0 Å². The second-order valence-electron chi connectivity index (χ2n) is 4.99. The first-order chi connectivity index (χ1) is 10.1. The van der Waals surface area contributed by atoms with Crippen LogP contribution in [-0.4, -0.2) is 43.0 Å². The smallest absolute Gasteiger partial charge is 0.262 e. The van der Waals surface area contributed by atoms with Crippen molar-refractivity contribution in [1.29, 1.82) is 0 Å². The molecule has 2 amide bonds. The molecule has 5 nitrogen and oxygen atoms in total. The zero-order chi connectivity index (χ0) is 14.8. The molecule has 6 heteroatoms. The van der Waals surface area contributed by atoms with Crippen molar-refractivity contribution in [3.05, 3.63) is 41.1 Å². The van der Waals surface area contributed by atoms with Gasteiger partial charge in [0.05, 0.1) is 25.3 Å². The van der Waals surface area contributed by atoms with Crippen molar-refractivity contribution in [2.45, 2.75) is 6.42 Å². The maximum Gasteiger partial charge on any atom is 0.262 e. The van der Waals surface area contributed by atoms with Crippen molar-refractivity contribution in [2.24, 2.45) is 0 Å². The molecule has 0 aromatic heterocycles. The highest BCUT2D eigenvalue weighted by atomic mass is 35.5. The van der Waals surface area contributed by atoms with Crippen molar-refractivity contribution in [3.63, 3.8) is 0 Å². The number of carbonyl (C=O) groups excluding carboxylic acids is 2. The fraction of sp³-hybridized carbons (Fsp3) is 0.333. The Morgan fingerprint density at radius 3 is 2.43 bits per heavy atom. The van der Waals surface area contributed by atoms with E-state index in [1.807, 2.05) is 4.90 Å². The van der Waals surface area contributed by atoms with Crippen LogP contribution in [0.4, 0.5) is 5.69 Å². The maximum absolute atomic E-state index is 12.4. The Bertz CT molecular complexity index is 591. The van der Waals surface area contributed by atoms with Gasteiger partial charge in [-0.05, 0) is 24.3 Å². The predicted molar refractivity (Wildman–Crippen MR) is 79.0 cm³/mol. The van der Waals surface area contributed by atoms with E-state index in [9.17, 15) is 9.59 Å². The van der Waals surface area contributed by atoms with Crippen LogP contribution in [-0.2, 0) is 14.3 Å². The largest absolute Gasteiger partial charge is 0.378 e. The molecule has 0 spiro atoms. The Balaban J connectivity index is 1.81. The average Bonchev–Trinajstić information content (AvgIpc) is 2.76. The van der Waals surface area contributed by atoms with Crippen LogP contribution in [0.3, 0.4) is 0 Å². The summed E-state index contributed by atoms with van der Waals surface area (Å²) in [5.74, 6) is -0.462. The van der Waals surface area contributed by atoms with E-state index in [4.69, 9.17) is 16.3 Å². The van der Waals surface area contributed by atoms with Crippen LogP contribution < -0.4 is 4.90 Å². The maximum atomic E-state index is 12.4. The lowest BCUT2D eigenvalue weighted by atomic mass is 10.2. The second kappa shape index (κ2) is 5.87. The number of hydrogen-bond acceptors (Lipinski definition) is 4. The summed E-state index contributed by atoms with van der Waals surface area (Å²) in [7, 11) is 0. The second-order valence-corrected chi connectivity index (χ2v) is 5.43. The standard InChI is InChI=1S/C15H15ClN2O3/c16-12-1-3-13(4-2-12)18-14(19)9-11(15(18)20)10-17-5-7-21-8-6-17/h1-4,10H,5-9H2/b11-10-. The van der Waals surface area contributed by atoms with Crippen molar-refractivity contribution >= 4 is 29.1 Å². The average molecular weight is 307 g/mol. The molecule has 2 saturated heterocycles. The van der Waals surface area contributed by atoms with Crippen LogP contribution in [0.5, 0.6) is 0 Å². The van der Waals surface area contributed by atoms with Gasteiger partial charge in [0.1, 0.15) is 0 Å². The Kier molecular flexibility index (Phi) is 3.94. The Labute approximate surface area is 127 Å². The molecule has 0 saturated carbocycles. The van der Waals surface area contributed by atoms with Crippen LogP contribution in [0.2, 0.25) is 5.02 Å². The molecule has 0 N–H and O–H groups in total. The molecule has 2 fully saturated rings. The first kappa shape index (κ1) is 14.1. The summed E-state index contributed by atoms with van der Waals surface area (Å²) in [6.45, 7) is 2.78. The molecule has 1 aromatic carbocycles. The molecule has 0 radical (unpaired) electrons. The molecule has 2 aliphatic heterocycles. The van der Waals surface area contributed by atoms with Crippen LogP contribution >= 0.6 is 11.6 Å². The number of rotatable bonds is 2. The Morgan fingerprint density at radius 1 is 1.10 bits per heavy atom. The summed E-state index contributed by atoms with van der Waals surface area (Å²) >= 11 is 5.83. The van der Waals surface area contributed by atoms with Crippen LogP contribution in [0.15, 0.2) is 36.0 Å². The quantitative estimate of drug-likeness (QED) is 0.618. The number of anilines is 1. The number of carbonyl (C=O) groups is 2. The van der Waals surface area contributed by atoms with E-state index in [1.54, 1.807) is 30.5 Å². The number of halogens is 1. The van der Waals surface area contributed by atoms with Gasteiger partial charge in [-0.3, -0.25) is 9.59 Å². The van der Waals surface area contributed by atoms with E-state index in [2.05, 4.69) is 0 Å². The number of ether oxygens (including phenoxy) is 1. The van der Waals surface area contributed by atoms with Crippen molar-refractivity contribution in [1.82, 2.24) is 4.90 Å². The lowest BCUT2D eigenvalue weighted by molar-refractivity contribution is -0.120. The van der Waals surface area contributed by atoms with Gasteiger partial charge in [-0.1, -0.05) is 11.6 Å². The summed E-state index contributed by atoms with van der Waals surface area (Å²) < 4.78 is 5.27. The summed E-state index contributed by atoms with van der Waals surface area (Å²) in [5, 5.41) is 0.571. The van der Waals surface area contributed by atoms with Gasteiger partial charge >= 0.3 is 0 Å². The zero-order valence-corrected chi connectivity index (χ0v) is 12.2. The van der Waals surface area contributed by atoms with Gasteiger partial charge in [-0.25, -0.2) is 4.90 Å². The van der Waals surface area contributed by atoms with E-state index < -0.39 is 0 Å². The monoisotopic (exact) mass is 306 g/mol. The highest BCUT2D eigenvalue weighted by molar-refractivity contribution is 6.31. The summed E-state index contributed by atoms with van der Waals surface area (Å²) in [6.07, 6.45) is 1.93. The molecular formula is C15H15ClN2O3. The summed E-state index contributed by atoms with van der Waals surface area (Å²) in [6, 6.07) is 6.69. The van der Waals surface area contributed by atoms with E-state index in [1.165, 1.54) is 4.90 Å². The van der Waals surface area contributed by atoms with Gasteiger partial charge < -0.3 is 9.64 Å². The lowest BCUT2D eigenvalue weighted by Crippen LogP contribution is -2.33. The minimum absolute atomic E-state index is 0.138. The van der Waals surface area contributed by atoms with Gasteiger partial charge in [-0.2, -0.15) is 0 Å². The van der Waals surface area contributed by atoms with E-state index in [0.717, 1.165) is 13.1 Å². The first-order valence-electron chi connectivity index (χ1n) is 6.80. The molecular weight excluding hydrogens is 292 g/mol. The highest BCUT2D eigenvalue weighted by Gasteiger charge is 2.35. The molecule has 0 atom stereocenters. The number of hydrogen-bond donors (Lipinski definition) is 0. The topological polar surface area (TPSA) is 49.9 Å². The molecule has 0 bridgehead atoms. The minimum atomic E-state index is -0.256. The van der Waals surface area contributed by atoms with E-state index in [-0.39, 0.29) is 18.2 Å². The third kappa shape index (κ3) is 2.94. The van der Waals surface area contributed by atoms with Gasteiger partial charge in [-0.15, -0.1) is 0 Å². The molecule has 0 aliphatic carbocycles. The van der Waals surface area contributed by atoms with Gasteiger partial charge in [0, 0.05) is 29.9 Å². The Morgan fingerprint density at radius 2 is 1.76 bits per heavy atom. The summed E-state index contributed by atoms with van der Waals surface area (Å²) in [4.78, 5) is 27.8. The minimum Gasteiger partial charge on any atom is -0.378 e. The predicted octanol–water partition coefficient (Wildman–Crippen LogP) is 1.82. The molecule has 3 rings (SSSR count). The van der Waals surface area contributed by atoms with Gasteiger partial charge in [0.2, 0.25) is 5.91 Å².